The van der Waals surface area contributed by atoms with Crippen molar-refractivity contribution in [2.24, 2.45) is 0 Å². The number of rotatable bonds is 2. The van der Waals surface area contributed by atoms with Gasteiger partial charge >= 0.3 is 6.03 Å². The number of amides is 4. The fourth-order valence-electron chi connectivity index (χ4n) is 4.34. The molecule has 0 aromatic heterocycles. The molecule has 4 rings (SSSR count). The molecule has 126 valence electrons. The molecule has 1 aromatic rings. The van der Waals surface area contributed by atoms with Crippen molar-refractivity contribution >= 4 is 23.5 Å². The normalized spacial score (nSPS) is 32.9. The van der Waals surface area contributed by atoms with Crippen LogP contribution in [-0.2, 0) is 9.59 Å². The van der Waals surface area contributed by atoms with E-state index in [2.05, 4.69) is 0 Å². The fraction of sp³-hybridized carbons (Fsp3) is 0.500. The highest BCUT2D eigenvalue weighted by molar-refractivity contribution is 6.12. The monoisotopic (exact) mass is 327 g/mol. The summed E-state index contributed by atoms with van der Waals surface area (Å²) >= 11 is 0. The Morgan fingerprint density at radius 1 is 1.08 bits per heavy atom. The van der Waals surface area contributed by atoms with E-state index in [-0.39, 0.29) is 23.9 Å². The summed E-state index contributed by atoms with van der Waals surface area (Å²) in [5.74, 6) is -0.384. The van der Waals surface area contributed by atoms with Crippen LogP contribution in [0.1, 0.15) is 33.1 Å². The summed E-state index contributed by atoms with van der Waals surface area (Å²) in [5.41, 5.74) is 0.0455. The highest BCUT2D eigenvalue weighted by Crippen LogP contribution is 2.40. The second-order valence-electron chi connectivity index (χ2n) is 7.13. The number of imide groups is 1. The summed E-state index contributed by atoms with van der Waals surface area (Å²) in [6.07, 6.45) is 2.00. The molecule has 3 fully saturated rings. The molecule has 4 amide bonds. The van der Waals surface area contributed by atoms with Crippen LogP contribution in [0.25, 0.3) is 0 Å². The van der Waals surface area contributed by atoms with Gasteiger partial charge in [0.05, 0.1) is 0 Å². The molecule has 0 saturated carbocycles. The van der Waals surface area contributed by atoms with Gasteiger partial charge in [-0.25, -0.2) is 9.69 Å². The summed E-state index contributed by atoms with van der Waals surface area (Å²) in [6, 6.07) is 8.37. The Morgan fingerprint density at radius 2 is 1.79 bits per heavy atom. The second kappa shape index (κ2) is 5.06. The van der Waals surface area contributed by atoms with E-state index in [1.807, 2.05) is 44.2 Å². The SMILES string of the molecule is C[C@@H]1C[C@@H](N2C(=O)N3CCC[C@]3(C)C2=O)C(=O)N1c1ccccc1. The minimum Gasteiger partial charge on any atom is -0.310 e. The largest absolute Gasteiger partial charge is 0.328 e. The molecule has 0 bridgehead atoms. The zero-order valence-electron chi connectivity index (χ0n) is 13.9. The number of hydrogen-bond acceptors (Lipinski definition) is 3. The molecule has 0 aliphatic carbocycles. The lowest BCUT2D eigenvalue weighted by Crippen LogP contribution is -2.47. The summed E-state index contributed by atoms with van der Waals surface area (Å²) in [7, 11) is 0. The Bertz CT molecular complexity index is 719. The Kier molecular flexibility index (Phi) is 3.20. The molecule has 6 nitrogen and oxygen atoms in total. The van der Waals surface area contributed by atoms with E-state index in [9.17, 15) is 14.4 Å². The first-order valence-electron chi connectivity index (χ1n) is 8.48. The number of fused-ring (bicyclic) bond motifs is 1. The first-order chi connectivity index (χ1) is 11.4. The van der Waals surface area contributed by atoms with Gasteiger partial charge in [-0.15, -0.1) is 0 Å². The Hall–Kier alpha value is -2.37. The maximum absolute atomic E-state index is 13.0. The van der Waals surface area contributed by atoms with Crippen LogP contribution < -0.4 is 4.90 Å². The average molecular weight is 327 g/mol. The van der Waals surface area contributed by atoms with Crippen LogP contribution >= 0.6 is 0 Å². The molecule has 3 saturated heterocycles. The first-order valence-corrected chi connectivity index (χ1v) is 8.48. The highest BCUT2D eigenvalue weighted by atomic mass is 16.2. The van der Waals surface area contributed by atoms with Crippen LogP contribution in [0.15, 0.2) is 30.3 Å². The maximum atomic E-state index is 13.0. The number of urea groups is 1. The van der Waals surface area contributed by atoms with E-state index in [0.29, 0.717) is 19.4 Å². The number of hydrogen-bond donors (Lipinski definition) is 0. The van der Waals surface area contributed by atoms with Gasteiger partial charge in [-0.1, -0.05) is 18.2 Å². The summed E-state index contributed by atoms with van der Waals surface area (Å²) in [4.78, 5) is 43.2. The van der Waals surface area contributed by atoms with Crippen molar-refractivity contribution in [1.82, 2.24) is 9.80 Å². The Morgan fingerprint density at radius 3 is 2.46 bits per heavy atom. The van der Waals surface area contributed by atoms with Gasteiger partial charge < -0.3 is 9.80 Å². The molecule has 6 heteroatoms. The first kappa shape index (κ1) is 15.2. The zero-order valence-corrected chi connectivity index (χ0v) is 13.9. The van der Waals surface area contributed by atoms with E-state index >= 15 is 0 Å². The summed E-state index contributed by atoms with van der Waals surface area (Å²) in [5, 5.41) is 0. The smallest absolute Gasteiger partial charge is 0.310 e. The molecule has 3 heterocycles. The predicted molar refractivity (Wildman–Crippen MR) is 88.4 cm³/mol. The van der Waals surface area contributed by atoms with Gasteiger partial charge in [-0.3, -0.25) is 9.59 Å². The average Bonchev–Trinajstić information content (AvgIpc) is 3.14. The van der Waals surface area contributed by atoms with Crippen LogP contribution in [-0.4, -0.2) is 51.8 Å². The van der Waals surface area contributed by atoms with Gasteiger partial charge in [0.15, 0.2) is 0 Å². The third-order valence-electron chi connectivity index (χ3n) is 5.63. The molecular weight excluding hydrogens is 306 g/mol. The van der Waals surface area contributed by atoms with Gasteiger partial charge in [0.2, 0.25) is 0 Å². The minimum absolute atomic E-state index is 0.0475. The fourth-order valence-corrected chi connectivity index (χ4v) is 4.34. The van der Waals surface area contributed by atoms with Crippen LogP contribution in [0.5, 0.6) is 0 Å². The number of para-hydroxylation sites is 1. The molecular formula is C18H21N3O3. The van der Waals surface area contributed by atoms with Gasteiger partial charge in [-0.2, -0.15) is 0 Å². The van der Waals surface area contributed by atoms with Crippen molar-refractivity contribution < 1.29 is 14.4 Å². The molecule has 1 aromatic carbocycles. The molecule has 0 unspecified atom stereocenters. The van der Waals surface area contributed by atoms with E-state index in [0.717, 1.165) is 12.1 Å². The van der Waals surface area contributed by atoms with Crippen LogP contribution in [0.2, 0.25) is 0 Å². The van der Waals surface area contributed by atoms with E-state index in [4.69, 9.17) is 0 Å². The van der Waals surface area contributed by atoms with Crippen LogP contribution in [0, 0.1) is 0 Å². The number of carbonyl (C=O) groups excluding carboxylic acids is 3. The second-order valence-corrected chi connectivity index (χ2v) is 7.13. The third-order valence-corrected chi connectivity index (χ3v) is 5.63. The van der Waals surface area contributed by atoms with Crippen molar-refractivity contribution in [2.75, 3.05) is 11.4 Å². The molecule has 0 N–H and O–H groups in total. The number of benzene rings is 1. The van der Waals surface area contributed by atoms with Gasteiger partial charge in [-0.05, 0) is 45.2 Å². The van der Waals surface area contributed by atoms with Crippen molar-refractivity contribution in [2.45, 2.75) is 50.7 Å². The maximum Gasteiger partial charge on any atom is 0.328 e. The molecule has 3 atom stereocenters. The molecule has 0 radical (unpaired) electrons. The lowest BCUT2D eigenvalue weighted by atomic mass is 9.98. The van der Waals surface area contributed by atoms with E-state index in [1.165, 1.54) is 4.90 Å². The lowest BCUT2D eigenvalue weighted by molar-refractivity contribution is -0.136. The molecule has 3 aliphatic rings. The van der Waals surface area contributed by atoms with Crippen molar-refractivity contribution in [1.29, 1.82) is 0 Å². The summed E-state index contributed by atoms with van der Waals surface area (Å²) < 4.78 is 0. The van der Waals surface area contributed by atoms with Crippen LogP contribution in [0.3, 0.4) is 0 Å². The minimum atomic E-state index is -0.763. The van der Waals surface area contributed by atoms with E-state index < -0.39 is 11.6 Å². The highest BCUT2D eigenvalue weighted by Gasteiger charge is 2.60. The van der Waals surface area contributed by atoms with Crippen molar-refractivity contribution in [3.05, 3.63) is 30.3 Å². The van der Waals surface area contributed by atoms with Crippen molar-refractivity contribution in [3.63, 3.8) is 0 Å². The summed E-state index contributed by atoms with van der Waals surface area (Å²) in [6.45, 7) is 4.37. The zero-order chi connectivity index (χ0) is 17.1. The van der Waals surface area contributed by atoms with Crippen LogP contribution in [0.4, 0.5) is 10.5 Å². The Balaban J connectivity index is 1.65. The number of nitrogens with zero attached hydrogens (tertiary/aromatic N) is 3. The standard InChI is InChI=1S/C18H21N3O3/c1-12-11-14(15(22)20(12)13-7-4-3-5-8-13)21-16(23)18(2)9-6-10-19(18)17(21)24/h3-5,7-8,12,14H,6,9-11H2,1-2H3/t12-,14-,18-/m1/s1. The topological polar surface area (TPSA) is 60.9 Å². The van der Waals surface area contributed by atoms with E-state index in [1.54, 1.807) is 9.80 Å². The van der Waals surface area contributed by atoms with Gasteiger partial charge in [0.1, 0.15) is 11.6 Å². The quantitative estimate of drug-likeness (QED) is 0.781. The van der Waals surface area contributed by atoms with Gasteiger partial charge in [0.25, 0.3) is 11.8 Å². The number of carbonyl (C=O) groups is 3. The van der Waals surface area contributed by atoms with Gasteiger partial charge in [0, 0.05) is 18.3 Å². The third kappa shape index (κ3) is 1.85. The molecule has 24 heavy (non-hydrogen) atoms. The molecule has 3 aliphatic heterocycles. The lowest BCUT2D eigenvalue weighted by Gasteiger charge is -2.23. The Labute approximate surface area is 141 Å². The predicted octanol–water partition coefficient (Wildman–Crippen LogP) is 2.00. The molecule has 0 spiro atoms. The van der Waals surface area contributed by atoms with Crippen molar-refractivity contribution in [3.8, 4) is 0 Å². The number of anilines is 1.